The van der Waals surface area contributed by atoms with Crippen LogP contribution in [0.2, 0.25) is 0 Å². The van der Waals surface area contributed by atoms with E-state index < -0.39 is 0 Å². The van der Waals surface area contributed by atoms with Crippen LogP contribution in [0.15, 0.2) is 48.6 Å². The highest BCUT2D eigenvalue weighted by atomic mass is 16.3. The van der Waals surface area contributed by atoms with Gasteiger partial charge in [-0.15, -0.1) is 0 Å². The standard InChI is InChI=1S/C26H36O4/c27-23-15-21(16-24(28)19-23)13-11-9-7-5-3-1-2-4-6-8-10-12-14-22-17-25(29)20-26(30)18-22/h1,3,15-20,27-30H,2,4-14H2/b3-1+. The number of phenols is 4. The van der Waals surface area contributed by atoms with Crippen LogP contribution in [-0.2, 0) is 12.8 Å². The van der Waals surface area contributed by atoms with Crippen LogP contribution in [0.5, 0.6) is 23.0 Å². The zero-order valence-electron chi connectivity index (χ0n) is 17.9. The summed E-state index contributed by atoms with van der Waals surface area (Å²) >= 11 is 0. The monoisotopic (exact) mass is 412 g/mol. The van der Waals surface area contributed by atoms with Gasteiger partial charge in [0, 0.05) is 12.1 Å². The molecule has 0 atom stereocenters. The molecule has 0 heterocycles. The predicted octanol–water partition coefficient (Wildman–Crippen LogP) is 6.75. The maximum absolute atomic E-state index is 9.48. The number of aryl methyl sites for hydroxylation is 2. The lowest BCUT2D eigenvalue weighted by Crippen LogP contribution is -1.86. The zero-order valence-corrected chi connectivity index (χ0v) is 17.9. The van der Waals surface area contributed by atoms with E-state index in [4.69, 9.17) is 0 Å². The Balaban J connectivity index is 1.40. The first-order valence-corrected chi connectivity index (χ1v) is 11.2. The van der Waals surface area contributed by atoms with Crippen molar-refractivity contribution in [2.75, 3.05) is 0 Å². The summed E-state index contributed by atoms with van der Waals surface area (Å²) in [6.45, 7) is 0. The Morgan fingerprint density at radius 2 is 0.767 bits per heavy atom. The molecule has 0 saturated heterocycles. The predicted molar refractivity (Wildman–Crippen MR) is 122 cm³/mol. The Labute approximate surface area is 180 Å². The summed E-state index contributed by atoms with van der Waals surface area (Å²) in [7, 11) is 0. The second-order valence-corrected chi connectivity index (χ2v) is 8.09. The van der Waals surface area contributed by atoms with E-state index in [1.807, 2.05) is 0 Å². The highest BCUT2D eigenvalue weighted by Crippen LogP contribution is 2.23. The number of hydrogen-bond acceptors (Lipinski definition) is 4. The summed E-state index contributed by atoms with van der Waals surface area (Å²) in [5.74, 6) is 0.525. The molecule has 2 rings (SSSR count). The van der Waals surface area contributed by atoms with Gasteiger partial charge in [0.25, 0.3) is 0 Å². The third kappa shape index (κ3) is 10.2. The smallest absolute Gasteiger partial charge is 0.119 e. The van der Waals surface area contributed by atoms with Gasteiger partial charge >= 0.3 is 0 Å². The Bertz CT molecular complexity index is 742. The molecule has 2 aromatic carbocycles. The Hall–Kier alpha value is -2.62. The molecular weight excluding hydrogens is 376 g/mol. The molecule has 0 amide bonds. The van der Waals surface area contributed by atoms with E-state index in [0.29, 0.717) is 0 Å². The van der Waals surface area contributed by atoms with Crippen molar-refractivity contribution in [3.05, 3.63) is 59.7 Å². The van der Waals surface area contributed by atoms with Gasteiger partial charge in [-0.05, 0) is 86.8 Å². The molecule has 0 saturated carbocycles. The summed E-state index contributed by atoms with van der Waals surface area (Å²) in [5, 5.41) is 37.9. The SMILES string of the molecule is Oc1cc(O)cc(CCCCC/C=C/CCCCCCCc2cc(O)cc(O)c2)c1. The van der Waals surface area contributed by atoms with E-state index in [2.05, 4.69) is 12.2 Å². The summed E-state index contributed by atoms with van der Waals surface area (Å²) in [4.78, 5) is 0. The van der Waals surface area contributed by atoms with Crippen molar-refractivity contribution in [2.45, 2.75) is 77.0 Å². The minimum Gasteiger partial charge on any atom is -0.508 e. The van der Waals surface area contributed by atoms with Crippen LogP contribution in [0.4, 0.5) is 0 Å². The van der Waals surface area contributed by atoms with Crippen molar-refractivity contribution in [3.8, 4) is 23.0 Å². The van der Waals surface area contributed by atoms with Crippen molar-refractivity contribution < 1.29 is 20.4 Å². The third-order valence-corrected chi connectivity index (χ3v) is 5.26. The minimum atomic E-state index is 0.129. The first-order valence-electron chi connectivity index (χ1n) is 11.2. The lowest BCUT2D eigenvalue weighted by Gasteiger charge is -2.04. The first-order chi connectivity index (χ1) is 14.5. The molecule has 0 radical (unpaired) electrons. The van der Waals surface area contributed by atoms with E-state index in [0.717, 1.165) is 56.1 Å². The van der Waals surface area contributed by atoms with Gasteiger partial charge in [-0.1, -0.05) is 37.8 Å². The first kappa shape index (κ1) is 23.7. The topological polar surface area (TPSA) is 80.9 Å². The molecule has 0 aliphatic rings. The molecule has 4 heteroatoms. The van der Waals surface area contributed by atoms with Crippen molar-refractivity contribution in [1.29, 1.82) is 0 Å². The quantitative estimate of drug-likeness (QED) is 0.204. The fraction of sp³-hybridized carbons (Fsp3) is 0.462. The van der Waals surface area contributed by atoms with Crippen LogP contribution < -0.4 is 0 Å². The molecule has 164 valence electrons. The van der Waals surface area contributed by atoms with Gasteiger partial charge < -0.3 is 20.4 Å². The summed E-state index contributed by atoms with van der Waals surface area (Å²) in [5.41, 5.74) is 1.98. The maximum Gasteiger partial charge on any atom is 0.119 e. The van der Waals surface area contributed by atoms with Crippen LogP contribution in [0.1, 0.15) is 75.3 Å². The van der Waals surface area contributed by atoms with E-state index in [1.165, 1.54) is 44.2 Å². The Kier molecular flexibility index (Phi) is 10.7. The fourth-order valence-corrected chi connectivity index (χ4v) is 3.73. The molecule has 4 nitrogen and oxygen atoms in total. The van der Waals surface area contributed by atoms with Gasteiger partial charge in [-0.25, -0.2) is 0 Å². The van der Waals surface area contributed by atoms with Crippen molar-refractivity contribution >= 4 is 0 Å². The Morgan fingerprint density at radius 1 is 0.433 bits per heavy atom. The Morgan fingerprint density at radius 3 is 1.20 bits per heavy atom. The van der Waals surface area contributed by atoms with Gasteiger partial charge in [0.05, 0.1) is 0 Å². The van der Waals surface area contributed by atoms with Gasteiger partial charge in [-0.3, -0.25) is 0 Å². The second kappa shape index (κ2) is 13.6. The summed E-state index contributed by atoms with van der Waals surface area (Å²) < 4.78 is 0. The molecule has 0 bridgehead atoms. The van der Waals surface area contributed by atoms with E-state index in [9.17, 15) is 20.4 Å². The molecule has 0 aromatic heterocycles. The van der Waals surface area contributed by atoms with Crippen LogP contribution in [0, 0.1) is 0 Å². The van der Waals surface area contributed by atoms with Gasteiger partial charge in [0.2, 0.25) is 0 Å². The van der Waals surface area contributed by atoms with Crippen molar-refractivity contribution in [2.24, 2.45) is 0 Å². The number of allylic oxidation sites excluding steroid dienone is 2. The lowest BCUT2D eigenvalue weighted by atomic mass is 10.0. The van der Waals surface area contributed by atoms with Gasteiger partial charge in [0.15, 0.2) is 0 Å². The lowest BCUT2D eigenvalue weighted by molar-refractivity contribution is 0.447. The fourth-order valence-electron chi connectivity index (χ4n) is 3.73. The second-order valence-electron chi connectivity index (χ2n) is 8.09. The average Bonchev–Trinajstić information content (AvgIpc) is 2.66. The van der Waals surface area contributed by atoms with E-state index >= 15 is 0 Å². The third-order valence-electron chi connectivity index (χ3n) is 5.26. The molecule has 30 heavy (non-hydrogen) atoms. The highest BCUT2D eigenvalue weighted by Gasteiger charge is 2.00. The van der Waals surface area contributed by atoms with Crippen LogP contribution >= 0.6 is 0 Å². The van der Waals surface area contributed by atoms with Crippen LogP contribution in [0.3, 0.4) is 0 Å². The largest absolute Gasteiger partial charge is 0.508 e. The van der Waals surface area contributed by atoms with Gasteiger partial charge in [-0.2, -0.15) is 0 Å². The number of aromatic hydroxyl groups is 4. The van der Waals surface area contributed by atoms with Crippen LogP contribution in [0.25, 0.3) is 0 Å². The number of benzene rings is 2. The number of unbranched alkanes of at least 4 members (excludes halogenated alkanes) is 8. The molecule has 0 spiro atoms. The van der Waals surface area contributed by atoms with E-state index in [1.54, 1.807) is 24.3 Å². The zero-order chi connectivity index (χ0) is 21.6. The molecular formula is C26H36O4. The molecule has 2 aromatic rings. The molecule has 0 aliphatic carbocycles. The van der Waals surface area contributed by atoms with Gasteiger partial charge in [0.1, 0.15) is 23.0 Å². The average molecular weight is 413 g/mol. The summed E-state index contributed by atoms with van der Waals surface area (Å²) in [6, 6.07) is 9.61. The maximum atomic E-state index is 9.48. The number of hydrogen-bond donors (Lipinski definition) is 4. The molecule has 0 fully saturated rings. The van der Waals surface area contributed by atoms with Crippen molar-refractivity contribution in [3.63, 3.8) is 0 Å². The summed E-state index contributed by atoms with van der Waals surface area (Å²) in [6.07, 6.45) is 18.0. The van der Waals surface area contributed by atoms with Crippen molar-refractivity contribution in [1.82, 2.24) is 0 Å². The number of phenolic OH excluding ortho intramolecular Hbond substituents is 4. The van der Waals surface area contributed by atoms with Crippen LogP contribution in [-0.4, -0.2) is 20.4 Å². The van der Waals surface area contributed by atoms with E-state index in [-0.39, 0.29) is 23.0 Å². The normalized spacial score (nSPS) is 11.3. The minimum absolute atomic E-state index is 0.129. The highest BCUT2D eigenvalue weighted by molar-refractivity contribution is 5.37. The molecule has 0 unspecified atom stereocenters. The number of rotatable bonds is 14. The molecule has 0 aliphatic heterocycles. The molecule has 4 N–H and O–H groups in total.